The second kappa shape index (κ2) is 5.31. The normalized spacial score (nSPS) is 14.1. The zero-order valence-electron chi connectivity index (χ0n) is 13.6. The maximum atomic E-state index is 12.7. The van der Waals surface area contributed by atoms with Gasteiger partial charge in [0.2, 0.25) is 0 Å². The molecule has 4 rings (SSSR count). The van der Waals surface area contributed by atoms with Gasteiger partial charge >= 0.3 is 0 Å². The van der Waals surface area contributed by atoms with Gasteiger partial charge in [0.15, 0.2) is 5.65 Å². The van der Waals surface area contributed by atoms with Gasteiger partial charge < -0.3 is 0 Å². The second-order valence-corrected chi connectivity index (χ2v) is 7.88. The fraction of sp³-hybridized carbons (Fsp3) is 0.294. The molecule has 1 aliphatic rings. The highest BCUT2D eigenvalue weighted by Crippen LogP contribution is 2.26. The smallest absolute Gasteiger partial charge is 0.261 e. The first-order valence-corrected chi connectivity index (χ1v) is 9.36. The van der Waals surface area contributed by atoms with E-state index < -0.39 is 10.0 Å². The SMILES string of the molecule is Cc1nn(C)c2ncc(NS(=O)(=O)c3ccc4c(c3)CCC4)cc12. The van der Waals surface area contributed by atoms with Crippen molar-refractivity contribution < 1.29 is 8.42 Å². The summed E-state index contributed by atoms with van der Waals surface area (Å²) in [6, 6.07) is 7.15. The number of benzene rings is 1. The van der Waals surface area contributed by atoms with E-state index in [1.54, 1.807) is 22.9 Å². The molecule has 2 heterocycles. The van der Waals surface area contributed by atoms with Crippen LogP contribution in [0.5, 0.6) is 0 Å². The molecular weight excluding hydrogens is 324 g/mol. The van der Waals surface area contributed by atoms with E-state index in [4.69, 9.17) is 0 Å². The first-order valence-electron chi connectivity index (χ1n) is 7.88. The van der Waals surface area contributed by atoms with Crippen LogP contribution in [0.1, 0.15) is 23.2 Å². The largest absolute Gasteiger partial charge is 0.278 e. The second-order valence-electron chi connectivity index (χ2n) is 6.19. The Balaban J connectivity index is 1.70. The van der Waals surface area contributed by atoms with Crippen molar-refractivity contribution in [2.24, 2.45) is 7.05 Å². The van der Waals surface area contributed by atoms with Gasteiger partial charge in [0.25, 0.3) is 10.0 Å². The molecule has 6 nitrogen and oxygen atoms in total. The van der Waals surface area contributed by atoms with Gasteiger partial charge in [-0.2, -0.15) is 5.10 Å². The van der Waals surface area contributed by atoms with E-state index in [1.807, 2.05) is 20.0 Å². The Labute approximate surface area is 140 Å². The van der Waals surface area contributed by atoms with E-state index in [2.05, 4.69) is 14.8 Å². The average Bonchev–Trinajstić information content (AvgIpc) is 3.11. The molecule has 0 spiro atoms. The highest BCUT2D eigenvalue weighted by molar-refractivity contribution is 7.92. The third-order valence-corrected chi connectivity index (χ3v) is 5.87. The molecule has 2 aromatic heterocycles. The highest BCUT2D eigenvalue weighted by atomic mass is 32.2. The summed E-state index contributed by atoms with van der Waals surface area (Å²) in [5.41, 5.74) is 4.38. The molecule has 1 aromatic carbocycles. The van der Waals surface area contributed by atoms with Gasteiger partial charge in [-0.15, -0.1) is 0 Å². The van der Waals surface area contributed by atoms with Crippen LogP contribution in [0, 0.1) is 6.92 Å². The molecule has 3 aromatic rings. The quantitative estimate of drug-likeness (QED) is 0.793. The average molecular weight is 342 g/mol. The Morgan fingerprint density at radius 2 is 1.96 bits per heavy atom. The number of pyridine rings is 1. The molecule has 0 atom stereocenters. The number of rotatable bonds is 3. The van der Waals surface area contributed by atoms with E-state index in [1.165, 1.54) is 11.8 Å². The predicted molar refractivity (Wildman–Crippen MR) is 92.5 cm³/mol. The summed E-state index contributed by atoms with van der Waals surface area (Å²) in [4.78, 5) is 4.61. The molecule has 7 heteroatoms. The maximum absolute atomic E-state index is 12.7. The minimum absolute atomic E-state index is 0.297. The minimum Gasteiger partial charge on any atom is -0.278 e. The number of aryl methyl sites for hydroxylation is 4. The molecule has 0 unspecified atom stereocenters. The van der Waals surface area contributed by atoms with Crippen molar-refractivity contribution >= 4 is 26.7 Å². The Hall–Kier alpha value is -2.41. The first-order chi connectivity index (χ1) is 11.4. The summed E-state index contributed by atoms with van der Waals surface area (Å²) >= 11 is 0. The lowest BCUT2D eigenvalue weighted by Crippen LogP contribution is -2.13. The zero-order chi connectivity index (χ0) is 16.9. The molecule has 124 valence electrons. The summed E-state index contributed by atoms with van der Waals surface area (Å²) < 4.78 is 29.6. The summed E-state index contributed by atoms with van der Waals surface area (Å²) in [5.74, 6) is 0. The van der Waals surface area contributed by atoms with Gasteiger partial charge in [-0.1, -0.05) is 6.07 Å². The fourth-order valence-corrected chi connectivity index (χ4v) is 4.38. The summed E-state index contributed by atoms with van der Waals surface area (Å²) in [6.07, 6.45) is 4.59. The van der Waals surface area contributed by atoms with Crippen LogP contribution >= 0.6 is 0 Å². The molecular formula is C17H18N4O2S. The summed E-state index contributed by atoms with van der Waals surface area (Å²) in [5, 5.41) is 5.14. The topological polar surface area (TPSA) is 76.9 Å². The maximum Gasteiger partial charge on any atom is 0.261 e. The van der Waals surface area contributed by atoms with Gasteiger partial charge in [-0.25, -0.2) is 13.4 Å². The fourth-order valence-electron chi connectivity index (χ4n) is 3.29. The van der Waals surface area contributed by atoms with Gasteiger partial charge in [-0.3, -0.25) is 9.40 Å². The molecule has 1 aliphatic carbocycles. The first kappa shape index (κ1) is 15.1. The molecule has 1 N–H and O–H groups in total. The minimum atomic E-state index is -3.63. The van der Waals surface area contributed by atoms with Gasteiger partial charge in [0.05, 0.1) is 22.5 Å². The van der Waals surface area contributed by atoms with Crippen molar-refractivity contribution in [1.82, 2.24) is 14.8 Å². The Morgan fingerprint density at radius 1 is 1.17 bits per heavy atom. The molecule has 0 bridgehead atoms. The van der Waals surface area contributed by atoms with Crippen LogP contribution in [0.3, 0.4) is 0 Å². The zero-order valence-corrected chi connectivity index (χ0v) is 14.4. The van der Waals surface area contributed by atoms with E-state index >= 15 is 0 Å². The predicted octanol–water partition coefficient (Wildman–Crippen LogP) is 2.57. The van der Waals surface area contributed by atoms with E-state index in [0.29, 0.717) is 10.6 Å². The monoisotopic (exact) mass is 342 g/mol. The van der Waals surface area contributed by atoms with Crippen LogP contribution < -0.4 is 4.72 Å². The number of hydrogen-bond acceptors (Lipinski definition) is 4. The standard InChI is InChI=1S/C17H18N4O2S/c1-11-16-9-14(10-18-17(16)21(2)19-11)20-24(22,23)15-7-6-12-4-3-5-13(12)8-15/h6-10,20H,3-5H2,1-2H3. The molecule has 0 fully saturated rings. The molecule has 0 saturated heterocycles. The van der Waals surface area contributed by atoms with Crippen molar-refractivity contribution in [3.8, 4) is 0 Å². The highest BCUT2D eigenvalue weighted by Gasteiger charge is 2.19. The molecule has 0 aliphatic heterocycles. The van der Waals surface area contributed by atoms with Crippen molar-refractivity contribution in [3.05, 3.63) is 47.3 Å². The number of aromatic nitrogens is 3. The number of hydrogen-bond donors (Lipinski definition) is 1. The van der Waals surface area contributed by atoms with Gasteiger partial charge in [0.1, 0.15) is 0 Å². The number of nitrogens with one attached hydrogen (secondary N) is 1. The molecule has 0 amide bonds. The third-order valence-electron chi connectivity index (χ3n) is 4.50. The van der Waals surface area contributed by atoms with Crippen molar-refractivity contribution in [1.29, 1.82) is 0 Å². The van der Waals surface area contributed by atoms with Crippen molar-refractivity contribution in [2.45, 2.75) is 31.1 Å². The lowest BCUT2D eigenvalue weighted by molar-refractivity contribution is 0.601. The molecule has 0 saturated carbocycles. The van der Waals surface area contributed by atoms with E-state index in [-0.39, 0.29) is 0 Å². The molecule has 0 radical (unpaired) electrons. The van der Waals surface area contributed by atoms with Crippen LogP contribution in [-0.4, -0.2) is 23.2 Å². The Kier molecular flexibility index (Phi) is 3.35. The van der Waals surface area contributed by atoms with Crippen molar-refractivity contribution in [2.75, 3.05) is 4.72 Å². The summed E-state index contributed by atoms with van der Waals surface area (Å²) in [6.45, 7) is 1.88. The number of sulfonamides is 1. The molecule has 24 heavy (non-hydrogen) atoms. The van der Waals surface area contributed by atoms with E-state index in [9.17, 15) is 8.42 Å². The van der Waals surface area contributed by atoms with E-state index in [0.717, 1.165) is 41.6 Å². The van der Waals surface area contributed by atoms with Crippen molar-refractivity contribution in [3.63, 3.8) is 0 Å². The number of fused-ring (bicyclic) bond motifs is 2. The van der Waals surface area contributed by atoms with Crippen LogP contribution in [0.4, 0.5) is 5.69 Å². The van der Waals surface area contributed by atoms with Crippen LogP contribution in [0.25, 0.3) is 11.0 Å². The lowest BCUT2D eigenvalue weighted by atomic mass is 10.1. The lowest BCUT2D eigenvalue weighted by Gasteiger charge is -2.09. The van der Waals surface area contributed by atoms with Gasteiger partial charge in [0, 0.05) is 12.4 Å². The Morgan fingerprint density at radius 3 is 2.79 bits per heavy atom. The summed E-state index contributed by atoms with van der Waals surface area (Å²) in [7, 11) is -1.81. The van der Waals surface area contributed by atoms with Crippen LogP contribution in [0.15, 0.2) is 35.4 Å². The number of nitrogens with zero attached hydrogens (tertiary/aromatic N) is 3. The van der Waals surface area contributed by atoms with Crippen LogP contribution in [-0.2, 0) is 29.9 Å². The van der Waals surface area contributed by atoms with Crippen LogP contribution in [0.2, 0.25) is 0 Å². The number of anilines is 1. The Bertz CT molecular complexity index is 1050. The third kappa shape index (κ3) is 2.45. The van der Waals surface area contributed by atoms with Gasteiger partial charge in [-0.05, 0) is 55.5 Å².